The van der Waals surface area contributed by atoms with Gasteiger partial charge in [-0.15, -0.1) is 0 Å². The van der Waals surface area contributed by atoms with E-state index in [0.717, 1.165) is 123 Å². The molecule has 14 aromatic rings. The maximum Gasteiger partial charge on any atom is 0.417 e. The Kier molecular flexibility index (Phi) is 30.2. The number of nitrogen functional groups attached to an aromatic ring is 1. The lowest BCUT2D eigenvalue weighted by Crippen LogP contribution is -2.39. The third-order valence-corrected chi connectivity index (χ3v) is 22.6. The van der Waals surface area contributed by atoms with Crippen LogP contribution >= 0.6 is 31.9 Å². The van der Waals surface area contributed by atoms with Crippen molar-refractivity contribution in [1.29, 1.82) is 0 Å². The molecule has 3 atom stereocenters. The highest BCUT2D eigenvalue weighted by atomic mass is 79.9. The van der Waals surface area contributed by atoms with E-state index < -0.39 is 29.5 Å². The number of aryl methyl sites for hydroxylation is 5. The van der Waals surface area contributed by atoms with E-state index in [9.17, 15) is 30.0 Å². The number of carbonyl (C=O) groups is 2. The standard InChI is InChI=1S/C33H29N3O4.C27H26N4O3.C19H20N4O.C12H16BrNO.C12H15BrO/c1-22-9-14-28(15-10-22)40-33(37)35-29-19-23(2)31(36-32(29)25-7-5-4-6-8-25)26-13-18-30(34-20-26)39-21-24-11-16-27(38-3)17-12-24;1-17-10-12-21(13-11-17)34-26(32)30-22-14-18(2)23(31-24(22)19-8-6-5-7-9-19)20-15-28-25(29-16-20)27(3,4)33;1-12-9-15(20)17(13-7-5-4-6-8-13)23-16(12)14-10-21-18(22-11-14)19(2,3)24;1-12(2)6-10(15)11(14)8-4-3-7(13)5-9(8)12;1-12(2)6-5-11(14)9-4-3-8(13)7-10(9)12/h4-20H,21H2,1-3H3,(H,35,37);5-16,33H,1-4H3,(H,30,32);4-11,24H,20H2,1-3H3;3-5,10-11,15H,6,14H2,1-2H3;3-4,7,11,14H,5-6H2,1-2H3/t;;;10-,11-;/m...1./s1. The molecule has 2 amide bonds. The highest BCUT2D eigenvalue weighted by Crippen LogP contribution is 2.45. The number of nitrogens with two attached hydrogens (primary N) is 2. The molecule has 0 radical (unpaired) electrons. The Morgan fingerprint density at radius 1 is 0.465 bits per heavy atom. The summed E-state index contributed by atoms with van der Waals surface area (Å²) < 4.78 is 24.2. The smallest absolute Gasteiger partial charge is 0.417 e. The van der Waals surface area contributed by atoms with Crippen molar-refractivity contribution in [1.82, 2.24) is 39.9 Å². The first kappa shape index (κ1) is 93.4. The number of hydrogen-bond acceptors (Lipinski definition) is 20. The van der Waals surface area contributed by atoms with Gasteiger partial charge in [0.05, 0.1) is 76.6 Å². The number of rotatable bonds is 16. The zero-order valence-corrected chi connectivity index (χ0v) is 76.8. The van der Waals surface area contributed by atoms with Crippen molar-refractivity contribution in [2.24, 2.45) is 5.73 Å². The highest BCUT2D eigenvalue weighted by molar-refractivity contribution is 9.10. The van der Waals surface area contributed by atoms with Crippen molar-refractivity contribution < 1.29 is 49.0 Å². The predicted octanol–water partition coefficient (Wildman–Crippen LogP) is 22.7. The molecular formula is C103H106Br2N12O10. The fourth-order valence-electron chi connectivity index (χ4n) is 14.7. The maximum absolute atomic E-state index is 12.8. The number of aliphatic hydroxyl groups excluding tert-OH is 2. The van der Waals surface area contributed by atoms with Gasteiger partial charge in [-0.2, -0.15) is 0 Å². The second-order valence-corrected chi connectivity index (χ2v) is 35.6. The van der Waals surface area contributed by atoms with Gasteiger partial charge in [0.25, 0.3) is 0 Å². The maximum atomic E-state index is 12.8. The number of benzene rings is 8. The summed E-state index contributed by atoms with van der Waals surface area (Å²) in [4.78, 5) is 61.6. The van der Waals surface area contributed by atoms with Gasteiger partial charge in [0.1, 0.15) is 35.1 Å². The summed E-state index contributed by atoms with van der Waals surface area (Å²) >= 11 is 6.95. The molecule has 0 bridgehead atoms. The van der Waals surface area contributed by atoms with Crippen molar-refractivity contribution in [3.63, 3.8) is 0 Å². The number of hydrogen-bond donors (Lipinski definition) is 8. The number of ether oxygens (including phenoxy) is 4. The van der Waals surface area contributed by atoms with Crippen LogP contribution in [0.15, 0.2) is 270 Å². The Morgan fingerprint density at radius 2 is 0.866 bits per heavy atom. The van der Waals surface area contributed by atoms with Crippen molar-refractivity contribution in [3.05, 3.63) is 338 Å². The number of fused-ring (bicyclic) bond motifs is 2. The molecule has 2 aliphatic rings. The van der Waals surface area contributed by atoms with Crippen LogP contribution in [0.1, 0.15) is 154 Å². The molecule has 16 rings (SSSR count). The zero-order valence-electron chi connectivity index (χ0n) is 73.6. The summed E-state index contributed by atoms with van der Waals surface area (Å²) in [5.74, 6) is 2.93. The number of aliphatic hydroxyl groups is 4. The summed E-state index contributed by atoms with van der Waals surface area (Å²) in [7, 11) is 1.64. The Balaban J connectivity index is 0.000000152. The lowest BCUT2D eigenvalue weighted by atomic mass is 9.70. The van der Waals surface area contributed by atoms with Gasteiger partial charge in [0.2, 0.25) is 5.88 Å². The van der Waals surface area contributed by atoms with E-state index in [1.165, 1.54) is 11.1 Å². The Hall–Kier alpha value is -12.8. The molecule has 10 N–H and O–H groups in total. The minimum absolute atomic E-state index is 0.00556. The van der Waals surface area contributed by atoms with Crippen molar-refractivity contribution in [3.8, 4) is 90.7 Å². The molecule has 652 valence electrons. The topological polar surface area (TPSA) is 331 Å². The SMILES string of the molecule is CC1(C)CCC(O)c2ccc(Br)cc21.CC1(C)C[C@@H](O)[C@H](N)c2ccc(Br)cc21.COc1ccc(COc2ccc(-c3nc(-c4ccccc4)c(NC(=O)Oc4ccc(C)cc4)cc3C)cn2)cc1.Cc1cc(N)c(-c2ccccc2)nc1-c1cnc(C(C)(C)O)nc1.Cc1ccc(OC(=O)Nc2cc(C)c(-c3cnc(C(C)(C)O)nc3)nc2-c2ccccc2)cc1. The summed E-state index contributed by atoms with van der Waals surface area (Å²) in [6.07, 6.45) is 9.14. The molecule has 1 unspecified atom stereocenters. The number of aromatic nitrogens is 8. The van der Waals surface area contributed by atoms with E-state index in [1.54, 1.807) is 90.1 Å². The van der Waals surface area contributed by atoms with Crippen LogP contribution in [0.5, 0.6) is 23.1 Å². The molecule has 6 heterocycles. The second-order valence-electron chi connectivity index (χ2n) is 33.8. The molecule has 0 spiro atoms. The molecule has 127 heavy (non-hydrogen) atoms. The first-order chi connectivity index (χ1) is 60.5. The molecule has 6 aromatic heterocycles. The van der Waals surface area contributed by atoms with Crippen LogP contribution in [0.4, 0.5) is 26.7 Å². The van der Waals surface area contributed by atoms with Gasteiger partial charge < -0.3 is 50.8 Å². The molecule has 0 saturated carbocycles. The molecule has 0 saturated heterocycles. The normalized spacial score (nSPS) is 14.6. The number of carbonyl (C=O) groups excluding carboxylic acids is 2. The van der Waals surface area contributed by atoms with Gasteiger partial charge in [-0.25, -0.2) is 49.5 Å². The number of halogens is 2. The molecule has 8 aromatic carbocycles. The number of amides is 2. The molecule has 24 heteroatoms. The van der Waals surface area contributed by atoms with E-state index >= 15 is 0 Å². The number of methoxy groups -OCH3 is 1. The van der Waals surface area contributed by atoms with Crippen LogP contribution in [0.25, 0.3) is 67.5 Å². The molecular weight excluding hydrogens is 1730 g/mol. The second kappa shape index (κ2) is 41.1. The number of nitrogens with one attached hydrogen (secondary N) is 2. The summed E-state index contributed by atoms with van der Waals surface area (Å²) in [5.41, 5.74) is 31.5. The summed E-state index contributed by atoms with van der Waals surface area (Å²) in [5, 5.41) is 45.6. The van der Waals surface area contributed by atoms with Gasteiger partial charge in [-0.1, -0.05) is 210 Å². The van der Waals surface area contributed by atoms with Crippen molar-refractivity contribution in [2.45, 2.75) is 156 Å². The zero-order chi connectivity index (χ0) is 91.1. The fourth-order valence-corrected chi connectivity index (χ4v) is 15.4. The van der Waals surface area contributed by atoms with Gasteiger partial charge in [-0.3, -0.25) is 10.6 Å². The van der Waals surface area contributed by atoms with Gasteiger partial charge in [-0.05, 0) is 222 Å². The minimum atomic E-state index is -1.14. The van der Waals surface area contributed by atoms with Crippen molar-refractivity contribution in [2.75, 3.05) is 23.5 Å². The molecule has 0 fully saturated rings. The molecule has 0 aliphatic heterocycles. The average Bonchev–Trinajstić information content (AvgIpc) is 0.769. The fraction of sp³-hybridized carbons (Fsp3) is 0.243. The van der Waals surface area contributed by atoms with E-state index in [0.29, 0.717) is 75.3 Å². The van der Waals surface area contributed by atoms with Gasteiger partial charge in [0.15, 0.2) is 11.6 Å². The number of pyridine rings is 4. The average molecular weight is 1830 g/mol. The van der Waals surface area contributed by atoms with Gasteiger partial charge >= 0.3 is 12.2 Å². The van der Waals surface area contributed by atoms with E-state index in [1.807, 2.05) is 229 Å². The van der Waals surface area contributed by atoms with E-state index in [-0.39, 0.29) is 23.0 Å². The predicted molar refractivity (Wildman–Crippen MR) is 508 cm³/mol. The third-order valence-electron chi connectivity index (χ3n) is 21.6. The number of anilines is 3. The van der Waals surface area contributed by atoms with Crippen LogP contribution < -0.4 is 41.0 Å². The quantitative estimate of drug-likeness (QED) is 0.0445. The first-order valence-electron chi connectivity index (χ1n) is 41.6. The van der Waals surface area contributed by atoms with E-state index in [4.69, 9.17) is 45.4 Å². The van der Waals surface area contributed by atoms with Crippen molar-refractivity contribution >= 4 is 61.1 Å². The van der Waals surface area contributed by atoms with Crippen LogP contribution in [0.3, 0.4) is 0 Å². The molecule has 22 nitrogen and oxygen atoms in total. The minimum Gasteiger partial charge on any atom is -0.497 e. The summed E-state index contributed by atoms with van der Waals surface area (Å²) in [6.45, 7) is 25.5. The molecule has 2 aliphatic carbocycles. The highest BCUT2D eigenvalue weighted by Gasteiger charge is 2.37. The number of nitrogens with zero attached hydrogens (tertiary/aromatic N) is 8. The lowest BCUT2D eigenvalue weighted by Gasteiger charge is -2.39. The lowest BCUT2D eigenvalue weighted by molar-refractivity contribution is 0.0682. The van der Waals surface area contributed by atoms with E-state index in [2.05, 4.69) is 107 Å². The van der Waals surface area contributed by atoms with Crippen LogP contribution in [0.2, 0.25) is 0 Å². The third kappa shape index (κ3) is 24.5. The van der Waals surface area contributed by atoms with Crippen LogP contribution in [0, 0.1) is 34.6 Å². The Morgan fingerprint density at radius 3 is 1.30 bits per heavy atom. The monoisotopic (exact) mass is 1830 g/mol. The first-order valence-corrected chi connectivity index (χ1v) is 43.2. The Bertz CT molecular complexity index is 6110. The van der Waals surface area contributed by atoms with Crippen LogP contribution in [-0.2, 0) is 28.6 Å². The van der Waals surface area contributed by atoms with Gasteiger partial charge in [0, 0.05) is 79.4 Å². The summed E-state index contributed by atoms with van der Waals surface area (Å²) in [6, 6.07) is 72.8. The van der Waals surface area contributed by atoms with Crippen LogP contribution in [-0.4, -0.2) is 85.7 Å². The Labute approximate surface area is 758 Å². The largest absolute Gasteiger partial charge is 0.497 e.